The van der Waals surface area contributed by atoms with Crippen LogP contribution in [0.4, 0.5) is 5.69 Å². The average Bonchev–Trinajstić information content (AvgIpc) is 2.70. The molecule has 144 valence electrons. The predicted octanol–water partition coefficient (Wildman–Crippen LogP) is 7.04. The molecule has 0 saturated heterocycles. The first-order valence-corrected chi connectivity index (χ1v) is 9.98. The number of nitrogens with one attached hydrogen (secondary N) is 1. The quantitative estimate of drug-likeness (QED) is 0.301. The Bertz CT molecular complexity index is 905. The fourth-order valence-electron chi connectivity index (χ4n) is 4.38. The van der Waals surface area contributed by atoms with Gasteiger partial charge in [0.25, 0.3) is 0 Å². The van der Waals surface area contributed by atoms with Crippen molar-refractivity contribution in [2.24, 2.45) is 10.4 Å². The van der Waals surface area contributed by atoms with Crippen LogP contribution in [0.15, 0.2) is 95.7 Å². The monoisotopic (exact) mass is 370 g/mol. The van der Waals surface area contributed by atoms with Crippen molar-refractivity contribution < 1.29 is 0 Å². The molecule has 2 atom stereocenters. The van der Waals surface area contributed by atoms with Gasteiger partial charge in [0, 0.05) is 16.8 Å². The van der Waals surface area contributed by atoms with Crippen LogP contribution in [0.3, 0.4) is 0 Å². The van der Waals surface area contributed by atoms with E-state index in [9.17, 15) is 0 Å². The molecule has 2 unspecified atom stereocenters. The summed E-state index contributed by atoms with van der Waals surface area (Å²) in [6.45, 7) is 14.7. The molecule has 1 aliphatic rings. The van der Waals surface area contributed by atoms with Crippen LogP contribution >= 0.6 is 0 Å². The second-order valence-electron chi connectivity index (χ2n) is 7.52. The molecule has 28 heavy (non-hydrogen) atoms. The number of rotatable bonds is 8. The van der Waals surface area contributed by atoms with Crippen molar-refractivity contribution in [2.45, 2.75) is 39.2 Å². The molecule has 2 nitrogen and oxygen atoms in total. The highest BCUT2D eigenvalue weighted by Gasteiger charge is 2.52. The van der Waals surface area contributed by atoms with Crippen LogP contribution in [0.5, 0.6) is 0 Å². The molecule has 0 saturated carbocycles. The molecule has 0 amide bonds. The van der Waals surface area contributed by atoms with Crippen molar-refractivity contribution >= 4 is 12.4 Å². The fourth-order valence-corrected chi connectivity index (χ4v) is 4.38. The molecule has 0 fully saturated rings. The maximum absolute atomic E-state index is 4.49. The van der Waals surface area contributed by atoms with Gasteiger partial charge in [-0.3, -0.25) is 4.99 Å². The molecule has 1 aliphatic carbocycles. The molecule has 2 heteroatoms. The van der Waals surface area contributed by atoms with Gasteiger partial charge in [0.15, 0.2) is 0 Å². The minimum absolute atomic E-state index is 0.0642. The summed E-state index contributed by atoms with van der Waals surface area (Å²) in [6, 6.07) is 18.9. The number of nitrogens with zero attached hydrogens (tertiary/aromatic N) is 1. The first kappa shape index (κ1) is 19.9. The van der Waals surface area contributed by atoms with Gasteiger partial charge >= 0.3 is 0 Å². The molecular weight excluding hydrogens is 340 g/mol. The van der Waals surface area contributed by atoms with Gasteiger partial charge in [0.1, 0.15) is 0 Å². The van der Waals surface area contributed by atoms with Crippen LogP contribution in [0.25, 0.3) is 11.1 Å². The Morgan fingerprint density at radius 2 is 1.61 bits per heavy atom. The van der Waals surface area contributed by atoms with Crippen LogP contribution in [0, 0.1) is 5.41 Å². The minimum atomic E-state index is -0.194. The summed E-state index contributed by atoms with van der Waals surface area (Å²) in [6.07, 6.45) is 8.57. The van der Waals surface area contributed by atoms with E-state index in [2.05, 4.69) is 111 Å². The highest BCUT2D eigenvalue weighted by molar-refractivity contribution is 5.66. The lowest BCUT2D eigenvalue weighted by Crippen LogP contribution is -2.50. The predicted molar refractivity (Wildman–Crippen MR) is 123 cm³/mol. The molecule has 0 aromatic heterocycles. The summed E-state index contributed by atoms with van der Waals surface area (Å²) >= 11 is 0. The van der Waals surface area contributed by atoms with Crippen LogP contribution in [0.2, 0.25) is 0 Å². The molecule has 1 N–H and O–H groups in total. The number of allylic oxidation sites excluding steroid dienone is 1. The summed E-state index contributed by atoms with van der Waals surface area (Å²) in [7, 11) is 0. The van der Waals surface area contributed by atoms with Crippen molar-refractivity contribution in [1.82, 2.24) is 0 Å². The van der Waals surface area contributed by atoms with Crippen LogP contribution in [-0.2, 0) is 0 Å². The lowest BCUT2D eigenvalue weighted by molar-refractivity contribution is 0.224. The number of anilines is 1. The van der Waals surface area contributed by atoms with E-state index in [0.29, 0.717) is 0 Å². The topological polar surface area (TPSA) is 24.4 Å². The van der Waals surface area contributed by atoms with E-state index in [0.717, 1.165) is 24.2 Å². The van der Waals surface area contributed by atoms with E-state index in [1.54, 1.807) is 0 Å². The molecular formula is C26H30N2. The van der Waals surface area contributed by atoms with Gasteiger partial charge in [-0.2, -0.15) is 0 Å². The molecule has 3 rings (SSSR count). The molecule has 0 bridgehead atoms. The number of aliphatic imine (C=N–C) groups is 1. The van der Waals surface area contributed by atoms with Crippen LogP contribution < -0.4 is 5.32 Å². The van der Waals surface area contributed by atoms with Crippen molar-refractivity contribution in [1.29, 1.82) is 0 Å². The van der Waals surface area contributed by atoms with E-state index in [4.69, 9.17) is 0 Å². The summed E-state index contributed by atoms with van der Waals surface area (Å²) in [5, 5.41) is 3.42. The lowest BCUT2D eigenvalue weighted by Gasteiger charge is -2.52. The SMILES string of the molecule is C=NC1(CC)C=CC1(CC)/C(C)=C/C(=C)Nc1ccc(-c2ccccc2)cc1. The first-order chi connectivity index (χ1) is 13.5. The van der Waals surface area contributed by atoms with E-state index in [-0.39, 0.29) is 11.0 Å². The van der Waals surface area contributed by atoms with E-state index in [1.165, 1.54) is 16.7 Å². The summed E-state index contributed by atoms with van der Waals surface area (Å²) in [5.74, 6) is 0. The normalized spacial score (nSPS) is 23.8. The zero-order valence-electron chi connectivity index (χ0n) is 17.2. The third-order valence-corrected chi connectivity index (χ3v) is 6.19. The van der Waals surface area contributed by atoms with E-state index >= 15 is 0 Å². The Morgan fingerprint density at radius 3 is 2.11 bits per heavy atom. The second kappa shape index (κ2) is 8.02. The van der Waals surface area contributed by atoms with Crippen LogP contribution in [-0.4, -0.2) is 12.3 Å². The Labute approximate surface area is 169 Å². The maximum atomic E-state index is 4.49. The maximum Gasteiger partial charge on any atom is 0.0905 e. The Balaban J connectivity index is 1.74. The number of hydrogen-bond acceptors (Lipinski definition) is 2. The van der Waals surface area contributed by atoms with Crippen molar-refractivity contribution in [2.75, 3.05) is 5.32 Å². The summed E-state index contributed by atoms with van der Waals surface area (Å²) in [4.78, 5) is 4.49. The second-order valence-corrected chi connectivity index (χ2v) is 7.52. The highest BCUT2D eigenvalue weighted by atomic mass is 14.9. The van der Waals surface area contributed by atoms with E-state index < -0.39 is 0 Å². The summed E-state index contributed by atoms with van der Waals surface area (Å²) < 4.78 is 0. The Kier molecular flexibility index (Phi) is 5.69. The largest absolute Gasteiger partial charge is 0.356 e. The van der Waals surface area contributed by atoms with Gasteiger partial charge in [-0.25, -0.2) is 0 Å². The molecule has 0 heterocycles. The summed E-state index contributed by atoms with van der Waals surface area (Å²) in [5.41, 5.74) is 5.35. The van der Waals surface area contributed by atoms with Gasteiger partial charge in [0.2, 0.25) is 0 Å². The van der Waals surface area contributed by atoms with Crippen molar-refractivity contribution in [3.8, 4) is 11.1 Å². The van der Waals surface area contributed by atoms with Gasteiger partial charge in [0.05, 0.1) is 5.54 Å². The average molecular weight is 371 g/mol. The third-order valence-electron chi connectivity index (χ3n) is 6.19. The number of benzene rings is 2. The Hall–Kier alpha value is -2.87. The lowest BCUT2D eigenvalue weighted by atomic mass is 9.55. The van der Waals surface area contributed by atoms with Gasteiger partial charge < -0.3 is 5.32 Å². The molecule has 0 radical (unpaired) electrons. The zero-order chi connectivity index (χ0) is 20.2. The van der Waals surface area contributed by atoms with Gasteiger partial charge in [-0.15, -0.1) is 0 Å². The smallest absolute Gasteiger partial charge is 0.0905 e. The Morgan fingerprint density at radius 1 is 0.964 bits per heavy atom. The van der Waals surface area contributed by atoms with E-state index in [1.807, 2.05) is 6.07 Å². The standard InChI is InChI=1S/C26H30N2/c1-6-25(17-18-26(25,7-2)27-5)20(3)19-21(4)28-24-15-13-23(14-16-24)22-11-9-8-10-12-22/h8-19,28H,4-7H2,1-3H3/b20-19+. The molecule has 0 spiro atoms. The molecule has 0 aliphatic heterocycles. The first-order valence-electron chi connectivity index (χ1n) is 9.98. The molecule has 2 aromatic rings. The number of hydrogen-bond donors (Lipinski definition) is 1. The highest BCUT2D eigenvalue weighted by Crippen LogP contribution is 2.55. The van der Waals surface area contributed by atoms with Crippen molar-refractivity contribution in [3.63, 3.8) is 0 Å². The fraction of sp³-hybridized carbons (Fsp3) is 0.269. The van der Waals surface area contributed by atoms with Crippen LogP contribution in [0.1, 0.15) is 33.6 Å². The van der Waals surface area contributed by atoms with Gasteiger partial charge in [-0.05, 0) is 55.8 Å². The zero-order valence-corrected chi connectivity index (χ0v) is 17.2. The van der Waals surface area contributed by atoms with Crippen molar-refractivity contribution in [3.05, 3.63) is 90.7 Å². The van der Waals surface area contributed by atoms with Gasteiger partial charge in [-0.1, -0.05) is 80.6 Å². The minimum Gasteiger partial charge on any atom is -0.356 e. The molecule has 2 aromatic carbocycles. The third kappa shape index (κ3) is 3.35.